The molecule has 0 aliphatic rings. The van der Waals surface area contributed by atoms with Crippen LogP contribution in [0.15, 0.2) is 48.5 Å². The average Bonchev–Trinajstić information content (AvgIpc) is 2.69. The first-order valence-electron chi connectivity index (χ1n) is 9.98. The number of carbonyl (C=O) groups is 2. The van der Waals surface area contributed by atoms with Crippen molar-refractivity contribution < 1.29 is 14.3 Å². The van der Waals surface area contributed by atoms with Crippen molar-refractivity contribution >= 4 is 23.2 Å². The van der Waals surface area contributed by atoms with Gasteiger partial charge in [-0.3, -0.25) is 9.59 Å². The zero-order chi connectivity index (χ0) is 20.4. The van der Waals surface area contributed by atoms with Crippen LogP contribution in [0.5, 0.6) is 5.75 Å². The number of hydrogen-bond donors (Lipinski definition) is 2. The van der Waals surface area contributed by atoms with Crippen LogP contribution in [0.25, 0.3) is 0 Å². The molecule has 0 heterocycles. The van der Waals surface area contributed by atoms with Gasteiger partial charge in [0.15, 0.2) is 6.10 Å². The van der Waals surface area contributed by atoms with Crippen LogP contribution in [-0.2, 0) is 16.0 Å². The maximum Gasteiger partial charge on any atom is 0.265 e. The van der Waals surface area contributed by atoms with E-state index in [2.05, 4.69) is 24.5 Å². The van der Waals surface area contributed by atoms with Crippen LogP contribution < -0.4 is 15.4 Å². The van der Waals surface area contributed by atoms with Crippen molar-refractivity contribution in [1.29, 1.82) is 0 Å². The molecule has 0 spiro atoms. The van der Waals surface area contributed by atoms with E-state index in [1.54, 1.807) is 25.1 Å². The molecular weight excluding hydrogens is 352 g/mol. The molecule has 0 aromatic heterocycles. The first-order chi connectivity index (χ1) is 13.5. The zero-order valence-corrected chi connectivity index (χ0v) is 17.0. The third-order valence-corrected chi connectivity index (χ3v) is 4.43. The molecule has 0 radical (unpaired) electrons. The molecule has 0 aliphatic heterocycles. The van der Waals surface area contributed by atoms with Crippen LogP contribution in [-0.4, -0.2) is 17.9 Å². The fourth-order valence-corrected chi connectivity index (χ4v) is 2.74. The van der Waals surface area contributed by atoms with Gasteiger partial charge in [-0.15, -0.1) is 0 Å². The predicted molar refractivity (Wildman–Crippen MR) is 114 cm³/mol. The van der Waals surface area contributed by atoms with Crippen molar-refractivity contribution in [2.24, 2.45) is 0 Å². The topological polar surface area (TPSA) is 67.4 Å². The van der Waals surface area contributed by atoms with E-state index in [0.717, 1.165) is 25.7 Å². The summed E-state index contributed by atoms with van der Waals surface area (Å²) < 4.78 is 5.72. The molecule has 0 saturated carbocycles. The normalized spacial score (nSPS) is 11.5. The first-order valence-corrected chi connectivity index (χ1v) is 9.98. The van der Waals surface area contributed by atoms with Crippen molar-refractivity contribution in [1.82, 2.24) is 0 Å². The van der Waals surface area contributed by atoms with E-state index in [4.69, 9.17) is 4.74 Å². The summed E-state index contributed by atoms with van der Waals surface area (Å²) in [4.78, 5) is 24.4. The Kier molecular flexibility index (Phi) is 8.53. The second-order valence-corrected chi connectivity index (χ2v) is 6.83. The summed E-state index contributed by atoms with van der Waals surface area (Å²) in [6, 6.07) is 14.9. The number of amides is 2. The highest BCUT2D eigenvalue weighted by Gasteiger charge is 2.15. The zero-order valence-electron chi connectivity index (χ0n) is 17.0. The number of rotatable bonds is 10. The summed E-state index contributed by atoms with van der Waals surface area (Å²) in [5.74, 6) is 0.406. The molecule has 0 aliphatic carbocycles. The van der Waals surface area contributed by atoms with E-state index in [-0.39, 0.29) is 11.8 Å². The van der Waals surface area contributed by atoms with Crippen molar-refractivity contribution in [2.45, 2.75) is 59.0 Å². The number of hydrogen-bond acceptors (Lipinski definition) is 3. The molecule has 2 aromatic rings. The highest BCUT2D eigenvalue weighted by atomic mass is 16.5. The highest BCUT2D eigenvalue weighted by Crippen LogP contribution is 2.18. The van der Waals surface area contributed by atoms with Gasteiger partial charge < -0.3 is 15.4 Å². The second-order valence-electron chi connectivity index (χ2n) is 6.83. The van der Waals surface area contributed by atoms with Gasteiger partial charge in [-0.05, 0) is 55.7 Å². The lowest BCUT2D eigenvalue weighted by Gasteiger charge is -2.15. The molecule has 0 fully saturated rings. The van der Waals surface area contributed by atoms with E-state index in [1.165, 1.54) is 5.56 Å². The van der Waals surface area contributed by atoms with Gasteiger partial charge in [-0.25, -0.2) is 0 Å². The van der Waals surface area contributed by atoms with E-state index in [9.17, 15) is 9.59 Å². The molecule has 1 unspecified atom stereocenters. The lowest BCUT2D eigenvalue weighted by atomic mass is 10.2. The van der Waals surface area contributed by atoms with E-state index in [0.29, 0.717) is 23.5 Å². The number of ether oxygens (including phenoxy) is 1. The van der Waals surface area contributed by atoms with E-state index in [1.807, 2.05) is 30.3 Å². The fraction of sp³-hybridized carbons (Fsp3) is 0.391. The third-order valence-electron chi connectivity index (χ3n) is 4.43. The van der Waals surface area contributed by atoms with Crippen LogP contribution in [0.4, 0.5) is 11.4 Å². The van der Waals surface area contributed by atoms with Crippen molar-refractivity contribution in [3.05, 3.63) is 54.1 Å². The second kappa shape index (κ2) is 11.1. The summed E-state index contributed by atoms with van der Waals surface area (Å²) in [6.45, 7) is 5.91. The molecular formula is C23H30N2O3. The van der Waals surface area contributed by atoms with Crippen LogP contribution >= 0.6 is 0 Å². The van der Waals surface area contributed by atoms with E-state index >= 15 is 0 Å². The summed E-state index contributed by atoms with van der Waals surface area (Å²) in [5.41, 5.74) is 2.51. The van der Waals surface area contributed by atoms with Gasteiger partial charge in [0.2, 0.25) is 5.91 Å². The monoisotopic (exact) mass is 382 g/mol. The molecule has 28 heavy (non-hydrogen) atoms. The number of aryl methyl sites for hydroxylation is 1. The molecule has 2 amide bonds. The Labute approximate surface area is 167 Å². The van der Waals surface area contributed by atoms with Crippen LogP contribution in [0.2, 0.25) is 0 Å². The Morgan fingerprint density at radius 2 is 1.64 bits per heavy atom. The lowest BCUT2D eigenvalue weighted by molar-refractivity contribution is -0.122. The van der Waals surface area contributed by atoms with Crippen LogP contribution in [0.3, 0.4) is 0 Å². The molecule has 5 nitrogen and oxygen atoms in total. The van der Waals surface area contributed by atoms with Gasteiger partial charge in [0.05, 0.1) is 0 Å². The number of unbranched alkanes of at least 4 members (excludes halogenated alkanes) is 2. The highest BCUT2D eigenvalue weighted by molar-refractivity contribution is 5.96. The molecule has 2 rings (SSSR count). The Hall–Kier alpha value is -2.82. The van der Waals surface area contributed by atoms with E-state index < -0.39 is 6.10 Å². The van der Waals surface area contributed by atoms with Crippen LogP contribution in [0, 0.1) is 0 Å². The molecule has 1 atom stereocenters. The van der Waals surface area contributed by atoms with Gasteiger partial charge in [-0.1, -0.05) is 44.9 Å². The fourth-order valence-electron chi connectivity index (χ4n) is 2.74. The van der Waals surface area contributed by atoms with Crippen molar-refractivity contribution in [3.8, 4) is 5.75 Å². The molecule has 5 heteroatoms. The molecule has 150 valence electrons. The SMILES string of the molecule is CCCCCC(=O)Nc1cccc(NC(=O)C(C)Oc2ccc(CC)cc2)c1. The molecule has 0 saturated heterocycles. The summed E-state index contributed by atoms with van der Waals surface area (Å²) in [5, 5.41) is 5.71. The van der Waals surface area contributed by atoms with Crippen molar-refractivity contribution in [3.63, 3.8) is 0 Å². The standard InChI is InChI=1S/C23H30N2O3/c1-4-6-7-11-22(26)24-19-9-8-10-20(16-19)25-23(27)17(3)28-21-14-12-18(5-2)13-15-21/h8-10,12-17H,4-7,11H2,1-3H3,(H,24,26)(H,25,27). The maximum absolute atomic E-state index is 12.4. The van der Waals surface area contributed by atoms with Crippen LogP contribution in [0.1, 0.15) is 52.0 Å². The quantitative estimate of drug-likeness (QED) is 0.557. The van der Waals surface area contributed by atoms with Gasteiger partial charge in [0.25, 0.3) is 5.91 Å². The minimum absolute atomic E-state index is 0.0100. The Morgan fingerprint density at radius 3 is 2.29 bits per heavy atom. The van der Waals surface area contributed by atoms with Gasteiger partial charge >= 0.3 is 0 Å². The summed E-state index contributed by atoms with van der Waals surface area (Å²) >= 11 is 0. The largest absolute Gasteiger partial charge is 0.481 e. The number of nitrogens with one attached hydrogen (secondary N) is 2. The Bertz CT molecular complexity index is 772. The third kappa shape index (κ3) is 7.06. The van der Waals surface area contributed by atoms with Crippen molar-refractivity contribution in [2.75, 3.05) is 10.6 Å². The summed E-state index contributed by atoms with van der Waals surface area (Å²) in [7, 11) is 0. The smallest absolute Gasteiger partial charge is 0.265 e. The number of anilines is 2. The van der Waals surface area contributed by atoms with Gasteiger partial charge in [0.1, 0.15) is 5.75 Å². The molecule has 2 aromatic carbocycles. The Morgan fingerprint density at radius 1 is 0.964 bits per heavy atom. The average molecular weight is 383 g/mol. The molecule has 0 bridgehead atoms. The van der Waals surface area contributed by atoms with Gasteiger partial charge in [-0.2, -0.15) is 0 Å². The Balaban J connectivity index is 1.89. The minimum atomic E-state index is -0.639. The number of carbonyl (C=O) groups excluding carboxylic acids is 2. The maximum atomic E-state index is 12.4. The molecule has 2 N–H and O–H groups in total. The van der Waals surface area contributed by atoms with Gasteiger partial charge in [0, 0.05) is 17.8 Å². The summed E-state index contributed by atoms with van der Waals surface area (Å²) in [6.07, 6.45) is 3.83. The minimum Gasteiger partial charge on any atom is -0.481 e. The first kappa shape index (κ1) is 21.5. The predicted octanol–water partition coefficient (Wildman–Crippen LogP) is 5.17. The lowest BCUT2D eigenvalue weighted by Crippen LogP contribution is -2.30. The number of benzene rings is 2.